The average Bonchev–Trinajstić information content (AvgIpc) is 2.99. The average molecular weight is 372 g/mol. The molecule has 1 amide bonds. The summed E-state index contributed by atoms with van der Waals surface area (Å²) in [5.41, 5.74) is 0.380. The number of nitrogens with zero attached hydrogens (tertiary/aromatic N) is 3. The molecule has 1 heterocycles. The number of carbonyl (C=O) groups is 1. The molecule has 2 unspecified atom stereocenters. The summed E-state index contributed by atoms with van der Waals surface area (Å²) in [6, 6.07) is 6.46. The summed E-state index contributed by atoms with van der Waals surface area (Å²) in [6.07, 6.45) is 2.01. The molecule has 2 rings (SSSR count). The third-order valence-corrected chi connectivity index (χ3v) is 7.19. The minimum Gasteiger partial charge on any atom is -0.345 e. The molecule has 6 nitrogen and oxygen atoms in total. The fraction of sp³-hybridized carbons (Fsp3) is 0.562. The number of benzene rings is 1. The SMILES string of the molecule is CSC1CN(S(=O)(=O)c2cccc(C(=O)N(C)C)c2)CC1N(C)C. The molecule has 0 radical (unpaired) electrons. The summed E-state index contributed by atoms with van der Waals surface area (Å²) >= 11 is 1.69. The van der Waals surface area contributed by atoms with E-state index in [4.69, 9.17) is 0 Å². The lowest BCUT2D eigenvalue weighted by atomic mass is 10.2. The van der Waals surface area contributed by atoms with E-state index in [1.54, 1.807) is 44.1 Å². The van der Waals surface area contributed by atoms with Crippen LogP contribution in [0.2, 0.25) is 0 Å². The summed E-state index contributed by atoms with van der Waals surface area (Å²) < 4.78 is 27.5. The van der Waals surface area contributed by atoms with E-state index >= 15 is 0 Å². The normalized spacial score (nSPS) is 22.1. The zero-order chi connectivity index (χ0) is 18.1. The van der Waals surface area contributed by atoms with Crippen LogP contribution >= 0.6 is 11.8 Å². The van der Waals surface area contributed by atoms with Gasteiger partial charge in [-0.1, -0.05) is 6.07 Å². The molecule has 1 aromatic carbocycles. The standard InChI is InChI=1S/C16H25N3O3S2/c1-17(2)14-10-19(11-15(14)23-5)24(21,22)13-8-6-7-12(9-13)16(20)18(3)4/h6-9,14-15H,10-11H2,1-5H3. The van der Waals surface area contributed by atoms with Crippen molar-refractivity contribution in [1.29, 1.82) is 0 Å². The first-order chi connectivity index (χ1) is 11.2. The highest BCUT2D eigenvalue weighted by atomic mass is 32.2. The van der Waals surface area contributed by atoms with Crippen molar-refractivity contribution in [3.63, 3.8) is 0 Å². The van der Waals surface area contributed by atoms with E-state index in [-0.39, 0.29) is 22.1 Å². The van der Waals surface area contributed by atoms with Crippen molar-refractivity contribution in [3.8, 4) is 0 Å². The predicted molar refractivity (Wildman–Crippen MR) is 98.0 cm³/mol. The number of thioether (sulfide) groups is 1. The van der Waals surface area contributed by atoms with Gasteiger partial charge < -0.3 is 9.80 Å². The van der Waals surface area contributed by atoms with E-state index in [1.807, 2.05) is 20.4 Å². The molecule has 24 heavy (non-hydrogen) atoms. The third kappa shape index (κ3) is 3.77. The van der Waals surface area contributed by atoms with Gasteiger partial charge in [-0.05, 0) is 38.6 Å². The lowest BCUT2D eigenvalue weighted by Crippen LogP contribution is -2.37. The monoisotopic (exact) mass is 371 g/mol. The van der Waals surface area contributed by atoms with Crippen LogP contribution in [-0.4, -0.2) is 87.3 Å². The Morgan fingerprint density at radius 2 is 1.88 bits per heavy atom. The van der Waals surface area contributed by atoms with Gasteiger partial charge in [-0.15, -0.1) is 0 Å². The molecular weight excluding hydrogens is 346 g/mol. The van der Waals surface area contributed by atoms with Crippen molar-refractivity contribution < 1.29 is 13.2 Å². The quantitative estimate of drug-likeness (QED) is 0.774. The molecule has 0 spiro atoms. The number of sulfonamides is 1. The van der Waals surface area contributed by atoms with Gasteiger partial charge in [0.2, 0.25) is 10.0 Å². The van der Waals surface area contributed by atoms with E-state index in [0.717, 1.165) is 0 Å². The second-order valence-corrected chi connectivity index (χ2v) is 9.37. The van der Waals surface area contributed by atoms with Crippen LogP contribution in [0, 0.1) is 0 Å². The van der Waals surface area contributed by atoms with Crippen molar-refractivity contribution in [2.45, 2.75) is 16.2 Å². The Morgan fingerprint density at radius 1 is 1.21 bits per heavy atom. The van der Waals surface area contributed by atoms with E-state index in [9.17, 15) is 13.2 Å². The van der Waals surface area contributed by atoms with Gasteiger partial charge in [0, 0.05) is 44.0 Å². The van der Waals surface area contributed by atoms with Gasteiger partial charge in [0.25, 0.3) is 5.91 Å². The largest absolute Gasteiger partial charge is 0.345 e. The van der Waals surface area contributed by atoms with Crippen molar-refractivity contribution >= 4 is 27.7 Å². The van der Waals surface area contributed by atoms with E-state index in [2.05, 4.69) is 4.90 Å². The highest BCUT2D eigenvalue weighted by molar-refractivity contribution is 7.99. The maximum Gasteiger partial charge on any atom is 0.253 e. The van der Waals surface area contributed by atoms with E-state index in [1.165, 1.54) is 15.3 Å². The topological polar surface area (TPSA) is 60.9 Å². The summed E-state index contributed by atoms with van der Waals surface area (Å²) in [7, 11) is 3.63. The molecule has 134 valence electrons. The van der Waals surface area contributed by atoms with Gasteiger partial charge in [0.15, 0.2) is 0 Å². The van der Waals surface area contributed by atoms with Gasteiger partial charge in [0.1, 0.15) is 0 Å². The van der Waals surface area contributed by atoms with Crippen LogP contribution in [0.3, 0.4) is 0 Å². The van der Waals surface area contributed by atoms with Crippen LogP contribution in [-0.2, 0) is 10.0 Å². The fourth-order valence-corrected chi connectivity index (χ4v) is 5.44. The number of carbonyl (C=O) groups excluding carboxylic acids is 1. The smallest absolute Gasteiger partial charge is 0.253 e. The predicted octanol–water partition coefficient (Wildman–Crippen LogP) is 1.05. The molecule has 1 aliphatic heterocycles. The summed E-state index contributed by atoms with van der Waals surface area (Å²) in [6.45, 7) is 0.949. The second-order valence-electron chi connectivity index (χ2n) is 6.35. The Balaban J connectivity index is 2.31. The first-order valence-electron chi connectivity index (χ1n) is 7.69. The Hall–Kier alpha value is -1.09. The highest BCUT2D eigenvalue weighted by Crippen LogP contribution is 2.29. The van der Waals surface area contributed by atoms with Crippen LogP contribution in [0.4, 0.5) is 0 Å². The Bertz CT molecular complexity index is 704. The Labute approximate surface area is 148 Å². The summed E-state index contributed by atoms with van der Waals surface area (Å²) in [5.74, 6) is -0.207. The molecule has 0 aliphatic carbocycles. The molecule has 0 saturated carbocycles. The molecule has 0 bridgehead atoms. The Kier molecular flexibility index (Phi) is 5.95. The van der Waals surface area contributed by atoms with Crippen LogP contribution in [0.15, 0.2) is 29.2 Å². The molecule has 8 heteroatoms. The zero-order valence-electron chi connectivity index (χ0n) is 14.8. The number of hydrogen-bond donors (Lipinski definition) is 0. The van der Waals surface area contributed by atoms with Gasteiger partial charge in [-0.3, -0.25) is 4.79 Å². The number of amides is 1. The first kappa shape index (κ1) is 19.2. The molecule has 1 fully saturated rings. The second kappa shape index (κ2) is 7.43. The Morgan fingerprint density at radius 3 is 2.38 bits per heavy atom. The number of likely N-dealkylation sites (N-methyl/N-ethyl adjacent to an activating group) is 1. The maximum absolute atomic E-state index is 13.0. The molecule has 1 aromatic rings. The number of hydrogen-bond acceptors (Lipinski definition) is 5. The van der Waals surface area contributed by atoms with Crippen LogP contribution in [0.1, 0.15) is 10.4 Å². The summed E-state index contributed by atoms with van der Waals surface area (Å²) in [5, 5.41) is 0.237. The minimum atomic E-state index is -3.61. The molecule has 1 saturated heterocycles. The van der Waals surface area contributed by atoms with E-state index < -0.39 is 10.0 Å². The first-order valence-corrected chi connectivity index (χ1v) is 10.4. The van der Waals surface area contributed by atoms with E-state index in [0.29, 0.717) is 18.7 Å². The van der Waals surface area contributed by atoms with Gasteiger partial charge in [0.05, 0.1) is 4.90 Å². The molecule has 0 aromatic heterocycles. The maximum atomic E-state index is 13.0. The molecular formula is C16H25N3O3S2. The lowest BCUT2D eigenvalue weighted by Gasteiger charge is -2.23. The zero-order valence-corrected chi connectivity index (χ0v) is 16.4. The van der Waals surface area contributed by atoms with Crippen molar-refractivity contribution in [2.24, 2.45) is 0 Å². The molecule has 0 N–H and O–H groups in total. The van der Waals surface area contributed by atoms with Gasteiger partial charge in [-0.25, -0.2) is 8.42 Å². The fourth-order valence-electron chi connectivity index (χ4n) is 2.84. The van der Waals surface area contributed by atoms with Crippen LogP contribution in [0.5, 0.6) is 0 Å². The van der Waals surface area contributed by atoms with Crippen molar-refractivity contribution in [3.05, 3.63) is 29.8 Å². The van der Waals surface area contributed by atoms with Gasteiger partial charge >= 0.3 is 0 Å². The lowest BCUT2D eigenvalue weighted by molar-refractivity contribution is 0.0827. The molecule has 2 atom stereocenters. The van der Waals surface area contributed by atoms with Gasteiger partial charge in [-0.2, -0.15) is 16.1 Å². The highest BCUT2D eigenvalue weighted by Gasteiger charge is 2.40. The number of rotatable bonds is 5. The van der Waals surface area contributed by atoms with Crippen LogP contribution in [0.25, 0.3) is 0 Å². The van der Waals surface area contributed by atoms with Crippen LogP contribution < -0.4 is 0 Å². The molecule has 1 aliphatic rings. The summed E-state index contributed by atoms with van der Waals surface area (Å²) in [4.78, 5) is 15.8. The minimum absolute atomic E-state index is 0.175. The third-order valence-electron chi connectivity index (χ3n) is 4.29. The van der Waals surface area contributed by atoms with Crippen molar-refractivity contribution in [1.82, 2.24) is 14.1 Å². The van der Waals surface area contributed by atoms with Crippen molar-refractivity contribution in [2.75, 3.05) is 47.5 Å².